The highest BCUT2D eigenvalue weighted by molar-refractivity contribution is 6.62. The fourth-order valence-corrected chi connectivity index (χ4v) is 9.20. The predicted octanol–water partition coefficient (Wildman–Crippen LogP) is 9.04. The van der Waals surface area contributed by atoms with Gasteiger partial charge in [0.1, 0.15) is 0 Å². The molecule has 0 rings (SSSR count). The molecule has 206 valence electrons. The van der Waals surface area contributed by atoms with Crippen LogP contribution in [0, 0.1) is 5.92 Å². The van der Waals surface area contributed by atoms with E-state index in [-0.39, 0.29) is 11.1 Å². The van der Waals surface area contributed by atoms with Gasteiger partial charge in [-0.25, -0.2) is 0 Å². The monoisotopic (exact) mass is 501 g/mol. The van der Waals surface area contributed by atoms with Crippen LogP contribution >= 0.6 is 0 Å². The lowest BCUT2D eigenvalue weighted by Crippen LogP contribution is -2.57. The molecule has 0 aliphatic rings. The lowest BCUT2D eigenvalue weighted by Gasteiger charge is -2.44. The van der Waals surface area contributed by atoms with Gasteiger partial charge in [-0.3, -0.25) is 0 Å². The number of hydrogen-bond acceptors (Lipinski definition) is 4. The van der Waals surface area contributed by atoms with Crippen LogP contribution in [0.2, 0.25) is 5.54 Å². The van der Waals surface area contributed by atoms with Crippen LogP contribution in [0.5, 0.6) is 0 Å². The Morgan fingerprint density at radius 2 is 0.941 bits per heavy atom. The van der Waals surface area contributed by atoms with E-state index in [1.165, 1.54) is 83.5 Å². The second kappa shape index (κ2) is 21.2. The topological polar surface area (TPSA) is 53.7 Å². The van der Waals surface area contributed by atoms with Crippen LogP contribution in [0.4, 0.5) is 0 Å². The van der Waals surface area contributed by atoms with E-state index >= 15 is 0 Å². The Hall–Kier alpha value is 0.0569. The molecule has 0 aliphatic carbocycles. The Labute approximate surface area is 215 Å². The number of nitrogens with two attached hydrogens (primary N) is 1. The molecule has 0 aromatic carbocycles. The largest absolute Gasteiger partial charge is 0.504 e. The van der Waals surface area contributed by atoms with Gasteiger partial charge in [0.15, 0.2) is 0 Å². The minimum Gasteiger partial charge on any atom is -0.374 e. The lowest BCUT2D eigenvalue weighted by atomic mass is 9.80. The molecule has 2 atom stereocenters. The summed E-state index contributed by atoms with van der Waals surface area (Å²) >= 11 is 0. The molecule has 2 N–H and O–H groups in total. The summed E-state index contributed by atoms with van der Waals surface area (Å²) in [5.74, 6) is 0.339. The molecule has 5 heteroatoms. The molecule has 0 saturated heterocycles. The van der Waals surface area contributed by atoms with Gasteiger partial charge in [-0.05, 0) is 53.4 Å². The molecule has 0 aromatic heterocycles. The molecule has 0 heterocycles. The van der Waals surface area contributed by atoms with E-state index in [0.717, 1.165) is 19.3 Å². The fourth-order valence-electron chi connectivity index (χ4n) is 5.46. The molecule has 34 heavy (non-hydrogen) atoms. The maximum atomic E-state index is 6.75. The Kier molecular flexibility index (Phi) is 21.2. The van der Waals surface area contributed by atoms with Crippen LogP contribution in [-0.2, 0) is 13.3 Å². The van der Waals surface area contributed by atoms with Gasteiger partial charge in [0.2, 0.25) is 0 Å². The van der Waals surface area contributed by atoms with Gasteiger partial charge < -0.3 is 19.0 Å². The summed E-state index contributed by atoms with van der Waals surface area (Å²) in [6, 6.07) is 0. The van der Waals surface area contributed by atoms with Crippen LogP contribution in [0.15, 0.2) is 0 Å². The summed E-state index contributed by atoms with van der Waals surface area (Å²) in [6.07, 6.45) is 21.2. The van der Waals surface area contributed by atoms with Crippen molar-refractivity contribution in [3.63, 3.8) is 0 Å². The van der Waals surface area contributed by atoms with Crippen LogP contribution in [0.3, 0.4) is 0 Å². The Bertz CT molecular complexity index is 425. The average molecular weight is 502 g/mol. The molecule has 0 radical (unpaired) electrons. The third kappa shape index (κ3) is 14.6. The normalized spacial score (nSPS) is 14.5. The van der Waals surface area contributed by atoms with Gasteiger partial charge in [0, 0.05) is 30.9 Å². The van der Waals surface area contributed by atoms with Crippen LogP contribution in [-0.4, -0.2) is 34.2 Å². The summed E-state index contributed by atoms with van der Waals surface area (Å²) in [6.45, 7) is 17.0. The molecule has 0 fully saturated rings. The summed E-state index contributed by atoms with van der Waals surface area (Å²) in [5, 5.41) is 0. The van der Waals surface area contributed by atoms with Crippen molar-refractivity contribution >= 4 is 8.80 Å². The first kappa shape index (κ1) is 34.1. The van der Waals surface area contributed by atoms with E-state index in [0.29, 0.717) is 25.7 Å². The number of unbranched alkanes of at least 4 members (excludes halogenated alkanes) is 12. The summed E-state index contributed by atoms with van der Waals surface area (Å²) < 4.78 is 19.2. The van der Waals surface area contributed by atoms with Crippen molar-refractivity contribution in [3.8, 4) is 0 Å². The van der Waals surface area contributed by atoms with Crippen molar-refractivity contribution in [1.29, 1.82) is 0 Å². The fraction of sp³-hybridized carbons (Fsp3) is 1.00. The highest BCUT2D eigenvalue weighted by Gasteiger charge is 2.54. The van der Waals surface area contributed by atoms with Crippen molar-refractivity contribution < 1.29 is 13.3 Å². The zero-order valence-corrected chi connectivity index (χ0v) is 25.4. The van der Waals surface area contributed by atoms with Gasteiger partial charge in [-0.1, -0.05) is 104 Å². The summed E-state index contributed by atoms with van der Waals surface area (Å²) in [4.78, 5) is 0. The molecule has 0 bridgehead atoms. The van der Waals surface area contributed by atoms with Crippen LogP contribution in [0.1, 0.15) is 151 Å². The second-order valence-corrected chi connectivity index (χ2v) is 13.6. The van der Waals surface area contributed by atoms with Crippen molar-refractivity contribution in [2.75, 3.05) is 19.8 Å². The molecular weight excluding hydrogens is 438 g/mol. The van der Waals surface area contributed by atoms with Crippen molar-refractivity contribution in [2.24, 2.45) is 11.7 Å². The van der Waals surface area contributed by atoms with Crippen molar-refractivity contribution in [2.45, 2.75) is 162 Å². The quantitative estimate of drug-likeness (QED) is 0.100. The third-order valence-corrected chi connectivity index (χ3v) is 10.8. The summed E-state index contributed by atoms with van der Waals surface area (Å²) in [5.41, 5.74) is 6.74. The minimum absolute atomic E-state index is 0.264. The maximum Gasteiger partial charge on any atom is 0.504 e. The molecule has 0 aromatic rings. The molecule has 4 nitrogen and oxygen atoms in total. The minimum atomic E-state index is -2.82. The maximum absolute atomic E-state index is 6.75. The highest BCUT2D eigenvalue weighted by atomic mass is 28.4. The zero-order chi connectivity index (χ0) is 25.7. The highest BCUT2D eigenvalue weighted by Crippen LogP contribution is 2.44. The van der Waals surface area contributed by atoms with E-state index in [9.17, 15) is 0 Å². The Balaban J connectivity index is 4.76. The van der Waals surface area contributed by atoms with Crippen LogP contribution < -0.4 is 5.73 Å². The van der Waals surface area contributed by atoms with Gasteiger partial charge in [-0.15, -0.1) is 0 Å². The second-order valence-electron chi connectivity index (χ2n) is 10.8. The first-order valence-electron chi connectivity index (χ1n) is 15.0. The van der Waals surface area contributed by atoms with Gasteiger partial charge in [-0.2, -0.15) is 0 Å². The average Bonchev–Trinajstić information content (AvgIpc) is 2.78. The molecule has 0 saturated carbocycles. The van der Waals surface area contributed by atoms with E-state index < -0.39 is 8.80 Å². The SMILES string of the molecule is CCCCCCCCCCCCCCCC(C(CCC)C(C)(C)N)[Si](OCC)(OCC)OCC. The molecule has 2 unspecified atom stereocenters. The van der Waals surface area contributed by atoms with Crippen LogP contribution in [0.25, 0.3) is 0 Å². The number of rotatable bonds is 25. The molecule has 0 aliphatic heterocycles. The van der Waals surface area contributed by atoms with Crippen molar-refractivity contribution in [1.82, 2.24) is 0 Å². The van der Waals surface area contributed by atoms with E-state index in [1.54, 1.807) is 0 Å². The molecular formula is C29H63NO3Si. The first-order chi connectivity index (χ1) is 16.3. The predicted molar refractivity (Wildman–Crippen MR) is 151 cm³/mol. The van der Waals surface area contributed by atoms with E-state index in [4.69, 9.17) is 19.0 Å². The first-order valence-corrected chi connectivity index (χ1v) is 16.8. The van der Waals surface area contributed by atoms with E-state index in [2.05, 4.69) is 48.5 Å². The van der Waals surface area contributed by atoms with Gasteiger partial charge in [0.05, 0.1) is 0 Å². The molecule has 0 amide bonds. The van der Waals surface area contributed by atoms with Gasteiger partial charge in [0.25, 0.3) is 0 Å². The van der Waals surface area contributed by atoms with E-state index in [1.807, 2.05) is 0 Å². The standard InChI is InChI=1S/C29H63NO3Si/c1-8-13-14-15-16-17-18-19-20-21-22-23-24-26-28(27(25-9-2)29(6,7)30)34(31-10-3,32-11-4)33-12-5/h27-28H,8-26,30H2,1-7H3. The Morgan fingerprint density at radius 1 is 0.559 bits per heavy atom. The Morgan fingerprint density at radius 3 is 1.26 bits per heavy atom. The van der Waals surface area contributed by atoms with Gasteiger partial charge >= 0.3 is 8.80 Å². The third-order valence-electron chi connectivity index (χ3n) is 7.15. The smallest absolute Gasteiger partial charge is 0.374 e. The summed E-state index contributed by atoms with van der Waals surface area (Å²) in [7, 11) is -2.82. The molecule has 0 spiro atoms. The number of hydrogen-bond donors (Lipinski definition) is 1. The lowest BCUT2D eigenvalue weighted by molar-refractivity contribution is 0.0444. The van der Waals surface area contributed by atoms with Crippen molar-refractivity contribution in [3.05, 3.63) is 0 Å². The zero-order valence-electron chi connectivity index (χ0n) is 24.4.